The standard InChI is InChI=1S/C4H2F8N2/c1-2(5)3(6,13(9)10)4(7,8)14(11)12/h1H2. The highest BCUT2D eigenvalue weighted by molar-refractivity contribution is 5.07. The van der Waals surface area contributed by atoms with E-state index >= 15 is 0 Å². The zero-order valence-corrected chi connectivity index (χ0v) is 6.13. The minimum Gasteiger partial charge on any atom is -0.207 e. The van der Waals surface area contributed by atoms with Crippen LogP contribution in [0.2, 0.25) is 0 Å². The molecule has 0 aromatic heterocycles. The Morgan fingerprint density at radius 1 is 0.929 bits per heavy atom. The summed E-state index contributed by atoms with van der Waals surface area (Å²) in [6, 6.07) is -6.07. The van der Waals surface area contributed by atoms with Gasteiger partial charge < -0.3 is 0 Å². The van der Waals surface area contributed by atoms with Crippen LogP contribution in [0.25, 0.3) is 0 Å². The maximum Gasteiger partial charge on any atom is 0.415 e. The summed E-state index contributed by atoms with van der Waals surface area (Å²) in [5.41, 5.74) is 0. The molecule has 1 atom stereocenters. The van der Waals surface area contributed by atoms with Gasteiger partial charge in [0.2, 0.25) is 0 Å². The summed E-state index contributed by atoms with van der Waals surface area (Å²) in [7, 11) is 0. The van der Waals surface area contributed by atoms with Crippen LogP contribution in [0.5, 0.6) is 0 Å². The largest absolute Gasteiger partial charge is 0.415 e. The molecule has 0 radical (unpaired) electrons. The molecule has 0 aliphatic heterocycles. The van der Waals surface area contributed by atoms with E-state index in [0.29, 0.717) is 0 Å². The van der Waals surface area contributed by atoms with Crippen molar-refractivity contribution in [3.05, 3.63) is 12.4 Å². The molecule has 0 amide bonds. The van der Waals surface area contributed by atoms with Crippen LogP contribution >= 0.6 is 0 Å². The molecule has 0 aromatic rings. The second kappa shape index (κ2) is 3.69. The van der Waals surface area contributed by atoms with Crippen LogP contribution in [0.1, 0.15) is 0 Å². The van der Waals surface area contributed by atoms with Gasteiger partial charge in [0, 0.05) is 0 Å². The summed E-state index contributed by atoms with van der Waals surface area (Å²) < 4.78 is 94.2. The Labute approximate surface area is 71.7 Å². The van der Waals surface area contributed by atoms with Crippen molar-refractivity contribution in [2.75, 3.05) is 0 Å². The van der Waals surface area contributed by atoms with Gasteiger partial charge in [0.15, 0.2) is 5.83 Å². The first-order valence-corrected chi connectivity index (χ1v) is 2.73. The first-order valence-electron chi connectivity index (χ1n) is 2.73. The van der Waals surface area contributed by atoms with Gasteiger partial charge in [0.25, 0.3) is 0 Å². The number of hydrogen-bond donors (Lipinski definition) is 0. The van der Waals surface area contributed by atoms with Crippen LogP contribution in [0, 0.1) is 0 Å². The fourth-order valence-corrected chi connectivity index (χ4v) is 0.469. The SMILES string of the molecule is C=C(F)C(F)(N(F)F)C(F)(F)N(F)F. The van der Waals surface area contributed by atoms with Gasteiger partial charge in [-0.05, 0) is 0 Å². The average Bonchev–Trinajstić information content (AvgIpc) is 2.01. The van der Waals surface area contributed by atoms with E-state index < -0.39 is 28.4 Å². The predicted octanol–water partition coefficient (Wildman–Crippen LogP) is 2.87. The summed E-state index contributed by atoms with van der Waals surface area (Å²) in [6.45, 7) is 1.79. The van der Waals surface area contributed by atoms with Gasteiger partial charge in [-0.3, -0.25) is 0 Å². The highest BCUT2D eigenvalue weighted by Crippen LogP contribution is 2.44. The van der Waals surface area contributed by atoms with Crippen LogP contribution in [0.15, 0.2) is 12.4 Å². The maximum atomic E-state index is 12.5. The van der Waals surface area contributed by atoms with Crippen molar-refractivity contribution < 1.29 is 35.5 Å². The quantitative estimate of drug-likeness (QED) is 0.416. The Balaban J connectivity index is 5.32. The van der Waals surface area contributed by atoms with Gasteiger partial charge in [-0.15, -0.1) is 0 Å². The Morgan fingerprint density at radius 3 is 1.36 bits per heavy atom. The molecule has 0 aliphatic carbocycles. The number of alkyl halides is 3. The fourth-order valence-electron chi connectivity index (χ4n) is 0.469. The van der Waals surface area contributed by atoms with Crippen molar-refractivity contribution in [3.63, 3.8) is 0 Å². The van der Waals surface area contributed by atoms with E-state index in [1.807, 2.05) is 0 Å². The molecule has 10 heteroatoms. The first-order chi connectivity index (χ1) is 6.08. The Hall–Kier alpha value is -0.900. The smallest absolute Gasteiger partial charge is 0.207 e. The molecule has 0 saturated carbocycles. The summed E-state index contributed by atoms with van der Waals surface area (Å²) in [4.78, 5) is 0. The molecule has 0 spiro atoms. The molecule has 0 rings (SSSR count). The fraction of sp³-hybridized carbons (Fsp3) is 0.500. The molecular weight excluding hydrogens is 228 g/mol. The third-order valence-corrected chi connectivity index (χ3v) is 1.20. The van der Waals surface area contributed by atoms with E-state index in [4.69, 9.17) is 0 Å². The third kappa shape index (κ3) is 1.66. The molecule has 0 N–H and O–H groups in total. The van der Waals surface area contributed by atoms with Crippen molar-refractivity contribution in [1.29, 1.82) is 0 Å². The monoisotopic (exact) mass is 230 g/mol. The molecule has 0 fully saturated rings. The number of halogens is 8. The van der Waals surface area contributed by atoms with E-state index in [0.717, 1.165) is 0 Å². The summed E-state index contributed by atoms with van der Waals surface area (Å²) in [5, 5.41) is -6.20. The van der Waals surface area contributed by atoms with Gasteiger partial charge in [0.05, 0.1) is 10.7 Å². The first kappa shape index (κ1) is 13.1. The molecular formula is C4H2F8N2. The zero-order chi connectivity index (χ0) is 11.7. The normalized spacial score (nSPS) is 17.3. The Morgan fingerprint density at radius 2 is 1.29 bits per heavy atom. The molecule has 14 heavy (non-hydrogen) atoms. The maximum absolute atomic E-state index is 12.5. The minimum absolute atomic E-state index is 1.79. The van der Waals surface area contributed by atoms with Crippen molar-refractivity contribution in [2.24, 2.45) is 0 Å². The van der Waals surface area contributed by atoms with Gasteiger partial charge >= 0.3 is 11.8 Å². The van der Waals surface area contributed by atoms with Crippen LogP contribution in [0.3, 0.4) is 0 Å². The molecule has 0 heterocycles. The van der Waals surface area contributed by atoms with Gasteiger partial charge in [0.1, 0.15) is 0 Å². The highest BCUT2D eigenvalue weighted by atomic mass is 19.4. The number of hydrogen-bond acceptors (Lipinski definition) is 2. The third-order valence-electron chi connectivity index (χ3n) is 1.20. The summed E-state index contributed by atoms with van der Waals surface area (Å²) in [6.07, 6.45) is 0. The lowest BCUT2D eigenvalue weighted by molar-refractivity contribution is -0.434. The Kier molecular flexibility index (Phi) is 3.45. The van der Waals surface area contributed by atoms with Gasteiger partial charge in [-0.25, -0.2) is 8.78 Å². The van der Waals surface area contributed by atoms with E-state index in [-0.39, 0.29) is 0 Å². The van der Waals surface area contributed by atoms with Crippen molar-refractivity contribution in [1.82, 2.24) is 10.7 Å². The molecule has 0 saturated heterocycles. The second-order valence-electron chi connectivity index (χ2n) is 2.03. The molecule has 0 aromatic carbocycles. The predicted molar refractivity (Wildman–Crippen MR) is 27.1 cm³/mol. The van der Waals surface area contributed by atoms with E-state index in [1.54, 1.807) is 6.58 Å². The van der Waals surface area contributed by atoms with E-state index in [9.17, 15) is 35.5 Å². The minimum atomic E-state index is -6.07. The van der Waals surface area contributed by atoms with Crippen LogP contribution < -0.4 is 0 Å². The lowest BCUT2D eigenvalue weighted by Crippen LogP contribution is -2.57. The number of rotatable bonds is 4. The van der Waals surface area contributed by atoms with E-state index in [1.165, 1.54) is 0 Å². The average molecular weight is 230 g/mol. The summed E-state index contributed by atoms with van der Waals surface area (Å²) in [5.74, 6) is -8.55. The Bertz CT molecular complexity index is 227. The lowest BCUT2D eigenvalue weighted by Gasteiger charge is -2.29. The van der Waals surface area contributed by atoms with Crippen molar-refractivity contribution in [2.45, 2.75) is 11.8 Å². The molecule has 2 nitrogen and oxygen atoms in total. The van der Waals surface area contributed by atoms with Crippen LogP contribution in [-0.2, 0) is 0 Å². The van der Waals surface area contributed by atoms with Crippen LogP contribution in [0.4, 0.5) is 35.5 Å². The number of nitrogens with zero attached hydrogens (tertiary/aromatic N) is 2. The molecule has 84 valence electrons. The van der Waals surface area contributed by atoms with Crippen molar-refractivity contribution >= 4 is 0 Å². The van der Waals surface area contributed by atoms with E-state index in [2.05, 4.69) is 0 Å². The second-order valence-corrected chi connectivity index (χ2v) is 2.03. The van der Waals surface area contributed by atoms with Crippen molar-refractivity contribution in [3.8, 4) is 0 Å². The van der Waals surface area contributed by atoms with Gasteiger partial charge in [-0.1, -0.05) is 24.5 Å². The topological polar surface area (TPSA) is 6.48 Å². The molecule has 0 aliphatic rings. The summed E-state index contributed by atoms with van der Waals surface area (Å²) >= 11 is 0. The van der Waals surface area contributed by atoms with Crippen LogP contribution in [-0.4, -0.2) is 22.5 Å². The zero-order valence-electron chi connectivity index (χ0n) is 6.13. The van der Waals surface area contributed by atoms with Gasteiger partial charge in [-0.2, -0.15) is 8.78 Å². The molecule has 0 bridgehead atoms. The lowest BCUT2D eigenvalue weighted by atomic mass is 10.2. The molecule has 1 unspecified atom stereocenters. The highest BCUT2D eigenvalue weighted by Gasteiger charge is 2.69.